The summed E-state index contributed by atoms with van der Waals surface area (Å²) in [5, 5.41) is 3.17. The smallest absolute Gasteiger partial charge is 0.331 e. The van der Waals surface area contributed by atoms with Crippen LogP contribution in [-0.4, -0.2) is 42.0 Å². The highest BCUT2D eigenvalue weighted by atomic mass is 16.6. The summed E-state index contributed by atoms with van der Waals surface area (Å²) in [6.45, 7) is 9.79. The van der Waals surface area contributed by atoms with Gasteiger partial charge in [-0.1, -0.05) is 0 Å². The van der Waals surface area contributed by atoms with Crippen molar-refractivity contribution in [3.05, 3.63) is 0 Å². The Labute approximate surface area is 115 Å². The van der Waals surface area contributed by atoms with Crippen molar-refractivity contribution in [2.45, 2.75) is 63.9 Å². The number of esters is 1. The minimum atomic E-state index is -1.03. The third-order valence-corrected chi connectivity index (χ3v) is 3.06. The van der Waals surface area contributed by atoms with Gasteiger partial charge in [-0.05, 0) is 47.6 Å². The van der Waals surface area contributed by atoms with Gasteiger partial charge in [0.1, 0.15) is 11.3 Å². The van der Waals surface area contributed by atoms with Crippen LogP contribution in [0.1, 0.15) is 41.0 Å². The van der Waals surface area contributed by atoms with Crippen molar-refractivity contribution in [2.75, 3.05) is 13.2 Å². The predicted molar refractivity (Wildman–Crippen MR) is 73.4 cm³/mol. The van der Waals surface area contributed by atoms with E-state index in [0.29, 0.717) is 13.0 Å². The second kappa shape index (κ2) is 5.36. The van der Waals surface area contributed by atoms with Crippen molar-refractivity contribution >= 4 is 5.97 Å². The molecule has 0 spiro atoms. The molecule has 0 amide bonds. The zero-order chi connectivity index (χ0) is 14.9. The average molecular weight is 273 g/mol. The molecule has 19 heavy (non-hydrogen) atoms. The number of nitrogens with two attached hydrogens (primary N) is 2. The number of rotatable bonds is 4. The van der Waals surface area contributed by atoms with E-state index in [2.05, 4.69) is 5.32 Å². The maximum Gasteiger partial charge on any atom is 0.331 e. The Hall–Kier alpha value is -0.690. The number of nitrogens with one attached hydrogen (secondary N) is 1. The normalized spacial score (nSPS) is 28.2. The molecule has 1 heterocycles. The predicted octanol–water partition coefficient (Wildman–Crippen LogP) is 0.0989. The van der Waals surface area contributed by atoms with Crippen LogP contribution in [0.4, 0.5) is 0 Å². The Kier molecular flexibility index (Phi) is 4.62. The molecule has 1 aliphatic rings. The van der Waals surface area contributed by atoms with Gasteiger partial charge in [-0.15, -0.1) is 0 Å². The number of ether oxygens (including phenoxy) is 2. The van der Waals surface area contributed by atoms with E-state index in [9.17, 15) is 4.79 Å². The van der Waals surface area contributed by atoms with Crippen molar-refractivity contribution in [1.29, 1.82) is 0 Å². The zero-order valence-corrected chi connectivity index (χ0v) is 12.6. The first-order valence-corrected chi connectivity index (χ1v) is 6.65. The summed E-state index contributed by atoms with van der Waals surface area (Å²) in [5.41, 5.74) is 9.48. The van der Waals surface area contributed by atoms with Crippen molar-refractivity contribution in [1.82, 2.24) is 5.32 Å². The van der Waals surface area contributed by atoms with Crippen LogP contribution >= 0.6 is 0 Å². The van der Waals surface area contributed by atoms with Gasteiger partial charge in [0.2, 0.25) is 0 Å². The van der Waals surface area contributed by atoms with Crippen LogP contribution in [-0.2, 0) is 14.3 Å². The molecule has 6 nitrogen and oxygen atoms in total. The maximum atomic E-state index is 12.5. The third kappa shape index (κ3) is 3.89. The Morgan fingerprint density at radius 2 is 2.05 bits per heavy atom. The van der Waals surface area contributed by atoms with Crippen molar-refractivity contribution in [2.24, 2.45) is 11.5 Å². The fourth-order valence-electron chi connectivity index (χ4n) is 2.16. The second-order valence-electron chi connectivity index (χ2n) is 6.58. The summed E-state index contributed by atoms with van der Waals surface area (Å²) >= 11 is 0. The van der Waals surface area contributed by atoms with Crippen LogP contribution in [0.5, 0.6) is 0 Å². The molecule has 0 aromatic rings. The lowest BCUT2D eigenvalue weighted by Crippen LogP contribution is -2.66. The summed E-state index contributed by atoms with van der Waals surface area (Å²) < 4.78 is 11.1. The van der Waals surface area contributed by atoms with E-state index in [4.69, 9.17) is 20.9 Å². The molecule has 1 saturated heterocycles. The number of hydrogen-bond acceptors (Lipinski definition) is 6. The van der Waals surface area contributed by atoms with Crippen LogP contribution in [0.3, 0.4) is 0 Å². The van der Waals surface area contributed by atoms with Gasteiger partial charge in [0.15, 0.2) is 5.54 Å². The fourth-order valence-corrected chi connectivity index (χ4v) is 2.16. The molecule has 0 aliphatic carbocycles. The molecule has 0 aromatic heterocycles. The molecule has 1 rings (SSSR count). The molecule has 0 aromatic carbocycles. The van der Waals surface area contributed by atoms with Gasteiger partial charge in [0, 0.05) is 6.04 Å². The van der Waals surface area contributed by atoms with E-state index in [1.807, 2.05) is 34.6 Å². The summed E-state index contributed by atoms with van der Waals surface area (Å²) in [7, 11) is 0. The van der Waals surface area contributed by atoms with Gasteiger partial charge >= 0.3 is 5.97 Å². The molecular weight excluding hydrogens is 246 g/mol. The average Bonchev–Trinajstić information content (AvgIpc) is 2.54. The molecule has 0 unspecified atom stereocenters. The second-order valence-corrected chi connectivity index (χ2v) is 6.58. The lowest BCUT2D eigenvalue weighted by Gasteiger charge is -2.35. The van der Waals surface area contributed by atoms with Gasteiger partial charge in [0.25, 0.3) is 0 Å². The van der Waals surface area contributed by atoms with Crippen LogP contribution < -0.4 is 16.8 Å². The van der Waals surface area contributed by atoms with E-state index < -0.39 is 22.9 Å². The molecule has 2 atom stereocenters. The van der Waals surface area contributed by atoms with Gasteiger partial charge in [-0.3, -0.25) is 5.32 Å². The highest BCUT2D eigenvalue weighted by Crippen LogP contribution is 2.29. The van der Waals surface area contributed by atoms with E-state index in [-0.39, 0.29) is 12.6 Å². The van der Waals surface area contributed by atoms with Crippen molar-refractivity contribution in [3.63, 3.8) is 0 Å². The van der Waals surface area contributed by atoms with Crippen molar-refractivity contribution in [3.8, 4) is 0 Å². The van der Waals surface area contributed by atoms with Crippen LogP contribution in [0.2, 0.25) is 0 Å². The van der Waals surface area contributed by atoms with Crippen LogP contribution in [0, 0.1) is 0 Å². The Bertz CT molecular complexity index is 339. The molecule has 0 radical (unpaired) electrons. The topological polar surface area (TPSA) is 99.6 Å². The number of carbonyl (C=O) groups excluding carboxylic acids is 1. The first kappa shape index (κ1) is 16.4. The maximum absolute atomic E-state index is 12.5. The summed E-state index contributed by atoms with van der Waals surface area (Å²) in [4.78, 5) is 12.5. The SMILES string of the molecule is CC(C)(C)OC(=O)[C@@]1([C@H](N)CCN)COC(C)(C)N1. The molecule has 0 bridgehead atoms. The number of hydrogen-bond donors (Lipinski definition) is 3. The standard InChI is InChI=1S/C13H27N3O3/c1-11(2,3)19-10(17)13(9(15)6-7-14)8-18-12(4,5)16-13/h9,16H,6-8,14-15H2,1-5H3/t9-,13+/m1/s1. The summed E-state index contributed by atoms with van der Waals surface area (Å²) in [5.74, 6) is -0.383. The molecule has 1 fully saturated rings. The highest BCUT2D eigenvalue weighted by Gasteiger charge is 2.54. The molecule has 5 N–H and O–H groups in total. The van der Waals surface area contributed by atoms with Crippen molar-refractivity contribution < 1.29 is 14.3 Å². The van der Waals surface area contributed by atoms with Gasteiger partial charge in [-0.2, -0.15) is 0 Å². The van der Waals surface area contributed by atoms with E-state index in [1.165, 1.54) is 0 Å². The highest BCUT2D eigenvalue weighted by molar-refractivity contribution is 5.83. The van der Waals surface area contributed by atoms with Gasteiger partial charge < -0.3 is 20.9 Å². The fraction of sp³-hybridized carbons (Fsp3) is 0.923. The molecule has 0 saturated carbocycles. The number of carbonyl (C=O) groups is 1. The summed E-state index contributed by atoms with van der Waals surface area (Å²) in [6.07, 6.45) is 0.520. The largest absolute Gasteiger partial charge is 0.458 e. The van der Waals surface area contributed by atoms with E-state index >= 15 is 0 Å². The lowest BCUT2D eigenvalue weighted by molar-refractivity contribution is -0.163. The first-order chi connectivity index (χ1) is 8.52. The van der Waals surface area contributed by atoms with Crippen LogP contribution in [0.15, 0.2) is 0 Å². The molecule has 1 aliphatic heterocycles. The molecule has 112 valence electrons. The monoisotopic (exact) mass is 273 g/mol. The lowest BCUT2D eigenvalue weighted by atomic mass is 9.89. The minimum absolute atomic E-state index is 0.191. The molecule has 6 heteroatoms. The minimum Gasteiger partial charge on any atom is -0.458 e. The Morgan fingerprint density at radius 3 is 2.42 bits per heavy atom. The first-order valence-electron chi connectivity index (χ1n) is 6.65. The third-order valence-electron chi connectivity index (χ3n) is 3.06. The Balaban J connectivity index is 2.97. The van der Waals surface area contributed by atoms with E-state index in [1.54, 1.807) is 0 Å². The van der Waals surface area contributed by atoms with E-state index in [0.717, 1.165) is 0 Å². The van der Waals surface area contributed by atoms with Gasteiger partial charge in [0.05, 0.1) is 6.61 Å². The quantitative estimate of drug-likeness (QED) is 0.628. The summed E-state index contributed by atoms with van der Waals surface area (Å²) in [6, 6.07) is -0.450. The van der Waals surface area contributed by atoms with Gasteiger partial charge in [-0.25, -0.2) is 4.79 Å². The zero-order valence-electron chi connectivity index (χ0n) is 12.6. The van der Waals surface area contributed by atoms with Crippen LogP contribution in [0.25, 0.3) is 0 Å². The molecular formula is C13H27N3O3. The Morgan fingerprint density at radius 1 is 1.47 bits per heavy atom.